The number of amides is 1. The fourth-order valence-electron chi connectivity index (χ4n) is 3.01. The van der Waals surface area contributed by atoms with E-state index in [2.05, 4.69) is 10.4 Å². The summed E-state index contributed by atoms with van der Waals surface area (Å²) in [7, 11) is 0. The first kappa shape index (κ1) is 19.9. The number of carbonyl (C=O) groups is 1. The standard InChI is InChI=1S/C22H15Cl2N3O3/c1-13-20(28)19(14-7-9-15(23)10-8-14)21(25-22(29)18-6-3-11-30-18)27(26-13)17-5-2-4-16(24)12-17/h2-12H,1H3,(H,25,29). The molecule has 2 heterocycles. The Morgan fingerprint density at radius 2 is 1.80 bits per heavy atom. The molecule has 2 aromatic heterocycles. The Morgan fingerprint density at radius 3 is 2.47 bits per heavy atom. The Hall–Kier alpha value is -3.35. The van der Waals surface area contributed by atoms with Gasteiger partial charge in [0, 0.05) is 10.0 Å². The molecule has 6 nitrogen and oxygen atoms in total. The summed E-state index contributed by atoms with van der Waals surface area (Å²) in [5.74, 6) is -0.227. The van der Waals surface area contributed by atoms with Gasteiger partial charge in [0.25, 0.3) is 5.91 Å². The molecular formula is C22H15Cl2N3O3. The van der Waals surface area contributed by atoms with Crippen molar-refractivity contribution in [3.05, 3.63) is 98.6 Å². The Morgan fingerprint density at radius 1 is 1.03 bits per heavy atom. The van der Waals surface area contributed by atoms with Gasteiger partial charge >= 0.3 is 0 Å². The van der Waals surface area contributed by atoms with Gasteiger partial charge in [0.1, 0.15) is 11.5 Å². The molecule has 1 amide bonds. The minimum absolute atomic E-state index is 0.0997. The van der Waals surface area contributed by atoms with E-state index < -0.39 is 5.91 Å². The molecule has 0 unspecified atom stereocenters. The van der Waals surface area contributed by atoms with E-state index in [1.165, 1.54) is 17.0 Å². The monoisotopic (exact) mass is 439 g/mol. The maximum Gasteiger partial charge on any atom is 0.292 e. The molecule has 30 heavy (non-hydrogen) atoms. The molecule has 0 aliphatic rings. The zero-order valence-electron chi connectivity index (χ0n) is 15.7. The van der Waals surface area contributed by atoms with Crippen molar-refractivity contribution >= 4 is 34.9 Å². The van der Waals surface area contributed by atoms with E-state index in [4.69, 9.17) is 27.6 Å². The lowest BCUT2D eigenvalue weighted by atomic mass is 10.1. The largest absolute Gasteiger partial charge is 0.459 e. The van der Waals surface area contributed by atoms with Gasteiger partial charge in [0.2, 0.25) is 5.43 Å². The van der Waals surface area contributed by atoms with Gasteiger partial charge in [-0.3, -0.25) is 9.59 Å². The van der Waals surface area contributed by atoms with E-state index >= 15 is 0 Å². The van der Waals surface area contributed by atoms with Crippen LogP contribution in [0.25, 0.3) is 16.8 Å². The van der Waals surface area contributed by atoms with Crippen LogP contribution in [-0.2, 0) is 0 Å². The van der Waals surface area contributed by atoms with E-state index in [1.807, 2.05) is 0 Å². The Bertz CT molecular complexity index is 1280. The Kier molecular flexibility index (Phi) is 5.44. The van der Waals surface area contributed by atoms with Crippen molar-refractivity contribution in [2.24, 2.45) is 0 Å². The number of anilines is 1. The predicted molar refractivity (Wildman–Crippen MR) is 117 cm³/mol. The van der Waals surface area contributed by atoms with Crippen LogP contribution in [0.15, 0.2) is 76.1 Å². The number of hydrogen-bond donors (Lipinski definition) is 1. The lowest BCUT2D eigenvalue weighted by molar-refractivity contribution is 0.0996. The third-order valence-electron chi connectivity index (χ3n) is 4.42. The van der Waals surface area contributed by atoms with E-state index in [0.29, 0.717) is 21.3 Å². The number of carbonyl (C=O) groups excluding carboxylic acids is 1. The molecule has 4 aromatic rings. The summed E-state index contributed by atoms with van der Waals surface area (Å²) >= 11 is 12.2. The molecule has 0 saturated heterocycles. The molecule has 0 radical (unpaired) electrons. The van der Waals surface area contributed by atoms with E-state index in [-0.39, 0.29) is 28.3 Å². The quantitative estimate of drug-likeness (QED) is 0.464. The normalized spacial score (nSPS) is 10.8. The zero-order chi connectivity index (χ0) is 21.3. The van der Waals surface area contributed by atoms with Crippen molar-refractivity contribution < 1.29 is 9.21 Å². The van der Waals surface area contributed by atoms with Crippen LogP contribution in [0, 0.1) is 6.92 Å². The van der Waals surface area contributed by atoms with Crippen LogP contribution in [-0.4, -0.2) is 15.7 Å². The fourth-order valence-corrected chi connectivity index (χ4v) is 3.32. The SMILES string of the molecule is Cc1nn(-c2cccc(Cl)c2)c(NC(=O)c2ccco2)c(-c2ccc(Cl)cc2)c1=O. The highest BCUT2D eigenvalue weighted by Gasteiger charge is 2.21. The molecule has 0 bridgehead atoms. The van der Waals surface area contributed by atoms with Crippen molar-refractivity contribution in [2.45, 2.75) is 6.92 Å². The lowest BCUT2D eigenvalue weighted by Gasteiger charge is -2.18. The van der Waals surface area contributed by atoms with Crippen LogP contribution in [0.5, 0.6) is 0 Å². The molecule has 0 spiro atoms. The number of nitrogens with zero attached hydrogens (tertiary/aromatic N) is 2. The molecule has 8 heteroatoms. The minimum Gasteiger partial charge on any atom is -0.459 e. The Labute approximate surface area is 181 Å². The number of halogens is 2. The molecule has 150 valence electrons. The third kappa shape index (κ3) is 3.87. The highest BCUT2D eigenvalue weighted by molar-refractivity contribution is 6.31. The van der Waals surface area contributed by atoms with Crippen LogP contribution in [0.3, 0.4) is 0 Å². The first-order valence-electron chi connectivity index (χ1n) is 8.94. The Balaban J connectivity index is 1.99. The second kappa shape index (κ2) is 8.18. The average molecular weight is 440 g/mol. The third-order valence-corrected chi connectivity index (χ3v) is 4.90. The van der Waals surface area contributed by atoms with Crippen LogP contribution in [0.4, 0.5) is 5.82 Å². The smallest absolute Gasteiger partial charge is 0.292 e. The molecule has 2 aromatic carbocycles. The molecule has 0 aliphatic carbocycles. The first-order valence-corrected chi connectivity index (χ1v) is 9.70. The summed E-state index contributed by atoms with van der Waals surface area (Å²) in [6.45, 7) is 1.61. The molecule has 0 aliphatic heterocycles. The highest BCUT2D eigenvalue weighted by atomic mass is 35.5. The molecular weight excluding hydrogens is 425 g/mol. The second-order valence-electron chi connectivity index (χ2n) is 6.47. The van der Waals surface area contributed by atoms with Gasteiger partial charge in [-0.25, -0.2) is 4.68 Å². The molecule has 0 atom stereocenters. The highest BCUT2D eigenvalue weighted by Crippen LogP contribution is 2.29. The van der Waals surface area contributed by atoms with E-state index in [0.717, 1.165) is 0 Å². The van der Waals surface area contributed by atoms with Crippen LogP contribution in [0.1, 0.15) is 16.2 Å². The number of aromatic nitrogens is 2. The fraction of sp³-hybridized carbons (Fsp3) is 0.0455. The van der Waals surface area contributed by atoms with Crippen molar-refractivity contribution in [3.63, 3.8) is 0 Å². The number of nitrogens with one attached hydrogen (secondary N) is 1. The average Bonchev–Trinajstić information content (AvgIpc) is 3.27. The van der Waals surface area contributed by atoms with Gasteiger partial charge in [0.05, 0.1) is 17.5 Å². The number of aryl methyl sites for hydroxylation is 1. The van der Waals surface area contributed by atoms with Crippen LogP contribution >= 0.6 is 23.2 Å². The van der Waals surface area contributed by atoms with E-state index in [1.54, 1.807) is 61.5 Å². The minimum atomic E-state index is -0.518. The maximum absolute atomic E-state index is 13.1. The molecule has 0 fully saturated rings. The number of furan rings is 1. The van der Waals surface area contributed by atoms with Crippen molar-refractivity contribution in [2.75, 3.05) is 5.32 Å². The summed E-state index contributed by atoms with van der Waals surface area (Å²) < 4.78 is 6.67. The van der Waals surface area contributed by atoms with Gasteiger partial charge < -0.3 is 9.73 Å². The first-order chi connectivity index (χ1) is 14.4. The van der Waals surface area contributed by atoms with Gasteiger partial charge in [-0.05, 0) is 55.0 Å². The lowest BCUT2D eigenvalue weighted by Crippen LogP contribution is -2.24. The van der Waals surface area contributed by atoms with Gasteiger partial charge in [-0.1, -0.05) is 41.4 Å². The summed E-state index contributed by atoms with van der Waals surface area (Å²) in [6, 6.07) is 16.8. The van der Waals surface area contributed by atoms with Gasteiger partial charge in [0.15, 0.2) is 5.76 Å². The van der Waals surface area contributed by atoms with E-state index in [9.17, 15) is 9.59 Å². The van der Waals surface area contributed by atoms with Crippen molar-refractivity contribution in [1.82, 2.24) is 9.78 Å². The summed E-state index contributed by atoms with van der Waals surface area (Å²) in [5, 5.41) is 8.19. The van der Waals surface area contributed by atoms with Crippen LogP contribution in [0.2, 0.25) is 10.0 Å². The number of hydrogen-bond acceptors (Lipinski definition) is 4. The topological polar surface area (TPSA) is 77.1 Å². The summed E-state index contributed by atoms with van der Waals surface area (Å²) in [6.07, 6.45) is 1.40. The van der Waals surface area contributed by atoms with Gasteiger partial charge in [-0.15, -0.1) is 0 Å². The van der Waals surface area contributed by atoms with Crippen molar-refractivity contribution in [3.8, 4) is 16.8 Å². The van der Waals surface area contributed by atoms with Gasteiger partial charge in [-0.2, -0.15) is 5.10 Å². The number of rotatable bonds is 4. The molecule has 4 rings (SSSR count). The number of benzene rings is 2. The second-order valence-corrected chi connectivity index (χ2v) is 7.34. The van der Waals surface area contributed by atoms with Crippen molar-refractivity contribution in [1.29, 1.82) is 0 Å². The summed E-state index contributed by atoms with van der Waals surface area (Å²) in [5.41, 5.74) is 1.39. The molecule has 1 N–H and O–H groups in total. The summed E-state index contributed by atoms with van der Waals surface area (Å²) in [4.78, 5) is 25.8. The predicted octanol–water partition coefficient (Wildman–Crippen LogP) is 5.36. The van der Waals surface area contributed by atoms with Crippen LogP contribution < -0.4 is 10.7 Å². The molecule has 0 saturated carbocycles. The maximum atomic E-state index is 13.1. The zero-order valence-corrected chi connectivity index (χ0v) is 17.2.